The lowest BCUT2D eigenvalue weighted by Crippen LogP contribution is -2.23. The van der Waals surface area contributed by atoms with Crippen LogP contribution in [0.4, 0.5) is 0 Å². The Hall–Kier alpha value is -1.11. The molecule has 0 amide bonds. The average molecular weight is 277 g/mol. The summed E-state index contributed by atoms with van der Waals surface area (Å²) < 4.78 is 16.5. The highest BCUT2D eigenvalue weighted by molar-refractivity contribution is 6.30. The summed E-state index contributed by atoms with van der Waals surface area (Å²) in [6.45, 7) is 2.18. The van der Waals surface area contributed by atoms with Gasteiger partial charge in [-0.2, -0.15) is 0 Å². The summed E-state index contributed by atoms with van der Waals surface area (Å²) >= 11 is 5.73. The standard InChI is InChI=1S/C11H17ClN2O4/c1-16-6-7-18-5-3-4-14-8-13-10(12)9(17-2)11(14)15/h8H,3-7H2,1-2H3. The first-order chi connectivity index (χ1) is 8.70. The number of aryl methyl sites for hydroxylation is 1. The quantitative estimate of drug-likeness (QED) is 0.523. The molecule has 0 saturated heterocycles. The van der Waals surface area contributed by atoms with Gasteiger partial charge in [-0.25, -0.2) is 4.98 Å². The molecule has 1 aromatic heterocycles. The predicted octanol–water partition coefficient (Wildman–Crippen LogP) is 0.958. The molecule has 0 bridgehead atoms. The van der Waals surface area contributed by atoms with Crippen molar-refractivity contribution in [1.82, 2.24) is 9.55 Å². The molecule has 0 spiro atoms. The van der Waals surface area contributed by atoms with Gasteiger partial charge in [0.15, 0.2) is 5.15 Å². The maximum absolute atomic E-state index is 11.8. The minimum atomic E-state index is -0.283. The van der Waals surface area contributed by atoms with Gasteiger partial charge in [-0.1, -0.05) is 11.6 Å². The van der Waals surface area contributed by atoms with E-state index in [4.69, 9.17) is 25.8 Å². The molecule has 7 heteroatoms. The van der Waals surface area contributed by atoms with Gasteiger partial charge in [0.1, 0.15) is 0 Å². The normalized spacial score (nSPS) is 10.6. The van der Waals surface area contributed by atoms with E-state index in [1.165, 1.54) is 18.0 Å². The molecule has 1 rings (SSSR count). The van der Waals surface area contributed by atoms with Gasteiger partial charge < -0.3 is 14.2 Å². The third kappa shape index (κ3) is 4.29. The lowest BCUT2D eigenvalue weighted by atomic mass is 10.4. The van der Waals surface area contributed by atoms with E-state index < -0.39 is 0 Å². The zero-order valence-electron chi connectivity index (χ0n) is 10.5. The molecule has 0 saturated carbocycles. The molecule has 0 aliphatic heterocycles. The molecule has 1 heterocycles. The lowest BCUT2D eigenvalue weighted by Gasteiger charge is -2.08. The number of halogens is 1. The zero-order chi connectivity index (χ0) is 13.4. The van der Waals surface area contributed by atoms with Crippen LogP contribution in [0.2, 0.25) is 5.15 Å². The summed E-state index contributed by atoms with van der Waals surface area (Å²) in [4.78, 5) is 15.7. The summed E-state index contributed by atoms with van der Waals surface area (Å²) in [5.41, 5.74) is -0.283. The maximum atomic E-state index is 11.8. The minimum absolute atomic E-state index is 0.0690. The Morgan fingerprint density at radius 3 is 2.78 bits per heavy atom. The van der Waals surface area contributed by atoms with Gasteiger partial charge in [0.2, 0.25) is 5.75 Å². The largest absolute Gasteiger partial charge is 0.489 e. The van der Waals surface area contributed by atoms with Crippen LogP contribution in [0.5, 0.6) is 5.75 Å². The number of ether oxygens (including phenoxy) is 3. The van der Waals surface area contributed by atoms with Crippen molar-refractivity contribution >= 4 is 11.6 Å². The summed E-state index contributed by atoms with van der Waals surface area (Å²) in [6, 6.07) is 0. The number of methoxy groups -OCH3 is 2. The van der Waals surface area contributed by atoms with Gasteiger partial charge in [-0.05, 0) is 6.42 Å². The smallest absolute Gasteiger partial charge is 0.297 e. The molecule has 0 fully saturated rings. The highest BCUT2D eigenvalue weighted by Crippen LogP contribution is 2.14. The van der Waals surface area contributed by atoms with Crippen molar-refractivity contribution in [1.29, 1.82) is 0 Å². The Kier molecular flexibility index (Phi) is 6.70. The van der Waals surface area contributed by atoms with E-state index in [0.29, 0.717) is 32.8 Å². The van der Waals surface area contributed by atoms with Gasteiger partial charge in [-0.15, -0.1) is 0 Å². The molecule has 0 N–H and O–H groups in total. The van der Waals surface area contributed by atoms with Crippen molar-refractivity contribution in [2.45, 2.75) is 13.0 Å². The molecular formula is C11H17ClN2O4. The first-order valence-electron chi connectivity index (χ1n) is 5.56. The molecule has 18 heavy (non-hydrogen) atoms. The van der Waals surface area contributed by atoms with Gasteiger partial charge >= 0.3 is 0 Å². The molecule has 0 unspecified atom stereocenters. The number of aromatic nitrogens is 2. The highest BCUT2D eigenvalue weighted by atomic mass is 35.5. The van der Waals surface area contributed by atoms with Crippen molar-refractivity contribution in [3.63, 3.8) is 0 Å². The monoisotopic (exact) mass is 276 g/mol. The Labute approximate surface area is 110 Å². The lowest BCUT2D eigenvalue weighted by molar-refractivity contribution is 0.0679. The zero-order valence-corrected chi connectivity index (χ0v) is 11.3. The Morgan fingerprint density at radius 1 is 1.33 bits per heavy atom. The number of hydrogen-bond acceptors (Lipinski definition) is 5. The van der Waals surface area contributed by atoms with E-state index in [1.807, 2.05) is 0 Å². The van der Waals surface area contributed by atoms with E-state index >= 15 is 0 Å². The van der Waals surface area contributed by atoms with Gasteiger partial charge in [-0.3, -0.25) is 9.36 Å². The second-order valence-corrected chi connectivity index (χ2v) is 3.88. The molecule has 0 atom stereocenters. The summed E-state index contributed by atoms with van der Waals surface area (Å²) in [7, 11) is 3.01. The minimum Gasteiger partial charge on any atom is -0.489 e. The summed E-state index contributed by atoms with van der Waals surface area (Å²) in [5, 5.41) is 0.0788. The van der Waals surface area contributed by atoms with Crippen LogP contribution in [-0.2, 0) is 16.0 Å². The molecule has 1 aromatic rings. The van der Waals surface area contributed by atoms with E-state index in [0.717, 1.165) is 0 Å². The average Bonchev–Trinajstić information content (AvgIpc) is 2.36. The Morgan fingerprint density at radius 2 is 2.11 bits per heavy atom. The second kappa shape index (κ2) is 8.07. The van der Waals surface area contributed by atoms with Gasteiger partial charge in [0.25, 0.3) is 5.56 Å². The third-order valence-corrected chi connectivity index (χ3v) is 2.55. The van der Waals surface area contributed by atoms with Crippen molar-refractivity contribution in [2.24, 2.45) is 0 Å². The Balaban J connectivity index is 2.46. The molecule has 0 aromatic carbocycles. The molecule has 102 valence electrons. The van der Waals surface area contributed by atoms with Crippen LogP contribution in [0.1, 0.15) is 6.42 Å². The Bertz CT molecular complexity index is 422. The van der Waals surface area contributed by atoms with Crippen LogP contribution >= 0.6 is 11.6 Å². The van der Waals surface area contributed by atoms with Crippen LogP contribution in [0, 0.1) is 0 Å². The molecule has 6 nitrogen and oxygen atoms in total. The SMILES string of the molecule is COCCOCCCn1cnc(Cl)c(OC)c1=O. The van der Waals surface area contributed by atoms with Crippen LogP contribution in [0.3, 0.4) is 0 Å². The van der Waals surface area contributed by atoms with Crippen LogP contribution in [-0.4, -0.2) is 43.6 Å². The van der Waals surface area contributed by atoms with Crippen molar-refractivity contribution in [3.05, 3.63) is 21.8 Å². The van der Waals surface area contributed by atoms with E-state index in [2.05, 4.69) is 4.98 Å². The third-order valence-electron chi connectivity index (χ3n) is 2.28. The number of nitrogens with zero attached hydrogens (tertiary/aromatic N) is 2. The fourth-order valence-electron chi connectivity index (χ4n) is 1.36. The van der Waals surface area contributed by atoms with Crippen LogP contribution < -0.4 is 10.3 Å². The first kappa shape index (κ1) is 14.9. The summed E-state index contributed by atoms with van der Waals surface area (Å²) in [5.74, 6) is 0.0690. The maximum Gasteiger partial charge on any atom is 0.297 e. The van der Waals surface area contributed by atoms with Crippen molar-refractivity contribution < 1.29 is 14.2 Å². The molecule has 0 radical (unpaired) electrons. The van der Waals surface area contributed by atoms with Crippen molar-refractivity contribution in [2.75, 3.05) is 34.0 Å². The molecule has 0 aliphatic carbocycles. The van der Waals surface area contributed by atoms with Crippen LogP contribution in [0.25, 0.3) is 0 Å². The van der Waals surface area contributed by atoms with E-state index in [9.17, 15) is 4.79 Å². The second-order valence-electron chi connectivity index (χ2n) is 3.53. The van der Waals surface area contributed by atoms with Gasteiger partial charge in [0.05, 0.1) is 26.7 Å². The number of rotatable bonds is 8. The van der Waals surface area contributed by atoms with Crippen LogP contribution in [0.15, 0.2) is 11.1 Å². The van der Waals surface area contributed by atoms with E-state index in [-0.39, 0.29) is 16.5 Å². The number of hydrogen-bond donors (Lipinski definition) is 0. The molecular weight excluding hydrogens is 260 g/mol. The summed E-state index contributed by atoms with van der Waals surface area (Å²) in [6.07, 6.45) is 2.11. The fraction of sp³-hybridized carbons (Fsp3) is 0.636. The van der Waals surface area contributed by atoms with E-state index in [1.54, 1.807) is 7.11 Å². The van der Waals surface area contributed by atoms with Crippen molar-refractivity contribution in [3.8, 4) is 5.75 Å². The topological polar surface area (TPSA) is 62.6 Å². The van der Waals surface area contributed by atoms with Gasteiger partial charge in [0, 0.05) is 20.3 Å². The predicted molar refractivity (Wildman–Crippen MR) is 67.4 cm³/mol. The molecule has 0 aliphatic rings. The fourth-order valence-corrected chi connectivity index (χ4v) is 1.56. The highest BCUT2D eigenvalue weighted by Gasteiger charge is 2.09. The first-order valence-corrected chi connectivity index (χ1v) is 5.94.